The molecule has 0 aliphatic carbocycles. The molecule has 1 fully saturated rings. The summed E-state index contributed by atoms with van der Waals surface area (Å²) in [7, 11) is -1.01. The second-order valence-electron chi connectivity index (χ2n) is 8.54. The molecule has 0 saturated carbocycles. The van der Waals surface area contributed by atoms with Crippen molar-refractivity contribution in [3.05, 3.63) is 23.8 Å². The summed E-state index contributed by atoms with van der Waals surface area (Å²) in [6.45, 7) is 1.95. The summed E-state index contributed by atoms with van der Waals surface area (Å²) in [6, 6.07) is 3.31. The second-order valence-corrected chi connectivity index (χ2v) is 10.1. The Bertz CT molecular complexity index is 1190. The van der Waals surface area contributed by atoms with Gasteiger partial charge in [-0.3, -0.25) is 9.69 Å². The summed E-state index contributed by atoms with van der Waals surface area (Å²) in [5.41, 5.74) is -8.74. The number of guanidine groups is 1. The van der Waals surface area contributed by atoms with E-state index in [4.69, 9.17) is 9.47 Å². The van der Waals surface area contributed by atoms with Crippen LogP contribution in [0.2, 0.25) is 0 Å². The molecular weight excluding hydrogens is 481 g/mol. The highest BCUT2D eigenvalue weighted by molar-refractivity contribution is 7.88. The zero-order valence-corrected chi connectivity index (χ0v) is 19.6. The Morgan fingerprint density at radius 2 is 2.06 bits per heavy atom. The highest BCUT2D eigenvalue weighted by Crippen LogP contribution is 2.55. The predicted molar refractivity (Wildman–Crippen MR) is 114 cm³/mol. The third-order valence-electron chi connectivity index (χ3n) is 6.03. The number of amides is 1. The fourth-order valence-electron chi connectivity index (χ4n) is 4.36. The van der Waals surface area contributed by atoms with E-state index < -0.39 is 44.5 Å². The van der Waals surface area contributed by atoms with Gasteiger partial charge in [-0.25, -0.2) is 9.98 Å². The summed E-state index contributed by atoms with van der Waals surface area (Å²) in [4.78, 5) is 25.5. The van der Waals surface area contributed by atoms with Gasteiger partial charge in [0.05, 0.1) is 6.34 Å². The Morgan fingerprint density at radius 1 is 1.35 bits per heavy atom. The number of hydrogen-bond donors (Lipinski definition) is 0. The van der Waals surface area contributed by atoms with Crippen molar-refractivity contribution in [2.75, 3.05) is 27.7 Å². The van der Waals surface area contributed by atoms with Crippen LogP contribution in [0.5, 0.6) is 11.5 Å². The second kappa shape index (κ2) is 7.83. The van der Waals surface area contributed by atoms with Crippen LogP contribution in [0.25, 0.3) is 0 Å². The lowest BCUT2D eigenvalue weighted by molar-refractivity contribution is -0.191. The van der Waals surface area contributed by atoms with E-state index in [1.165, 1.54) is 24.4 Å². The third-order valence-corrected chi connectivity index (χ3v) is 7.01. The van der Waals surface area contributed by atoms with Crippen LogP contribution >= 0.6 is 0 Å². The molecule has 0 bridgehead atoms. The summed E-state index contributed by atoms with van der Waals surface area (Å²) in [5.74, 6) is -0.982. The molecule has 1 spiro atoms. The van der Waals surface area contributed by atoms with Gasteiger partial charge in [-0.1, -0.05) is 0 Å². The van der Waals surface area contributed by atoms with Gasteiger partial charge >= 0.3 is 15.6 Å². The van der Waals surface area contributed by atoms with E-state index in [2.05, 4.69) is 14.2 Å². The number of aliphatic imine (C=N–C) groups is 2. The first-order chi connectivity index (χ1) is 15.7. The van der Waals surface area contributed by atoms with Crippen molar-refractivity contribution >= 4 is 28.3 Å². The minimum atomic E-state index is -5.94. The Morgan fingerprint density at radius 3 is 2.71 bits per heavy atom. The lowest BCUT2D eigenvalue weighted by atomic mass is 9.68. The van der Waals surface area contributed by atoms with Crippen LogP contribution in [0, 0.1) is 0 Å². The van der Waals surface area contributed by atoms with Crippen molar-refractivity contribution in [3.8, 4) is 11.5 Å². The molecule has 3 aliphatic heterocycles. The van der Waals surface area contributed by atoms with Crippen LogP contribution in [-0.2, 0) is 25.2 Å². The van der Waals surface area contributed by atoms with Gasteiger partial charge < -0.3 is 18.6 Å². The highest BCUT2D eigenvalue weighted by atomic mass is 32.2. The molecule has 1 amide bonds. The predicted octanol–water partition coefficient (Wildman–Crippen LogP) is 1.86. The molecule has 0 unspecified atom stereocenters. The number of carbonyl (C=O) groups is 1. The first-order valence-electron chi connectivity index (χ1n) is 10.3. The molecular formula is C20H23F3N4O6S. The number of likely N-dealkylation sites (N-methyl/N-ethyl adjacent to an activating group) is 1. The minimum Gasteiger partial charge on any atom is -0.487 e. The topological polar surface area (TPSA) is 110 Å². The Hall–Kier alpha value is -2.87. The smallest absolute Gasteiger partial charge is 0.487 e. The van der Waals surface area contributed by atoms with E-state index in [9.17, 15) is 26.4 Å². The van der Waals surface area contributed by atoms with Crippen molar-refractivity contribution < 1.29 is 40.0 Å². The number of alkyl halides is 3. The Balaban J connectivity index is 1.92. The van der Waals surface area contributed by atoms with Crippen LogP contribution in [-0.4, -0.2) is 81.4 Å². The normalized spacial score (nSPS) is 29.0. The van der Waals surface area contributed by atoms with Crippen LogP contribution in [0.1, 0.15) is 25.3 Å². The molecule has 0 radical (unpaired) electrons. The van der Waals surface area contributed by atoms with Gasteiger partial charge in [-0.15, -0.1) is 0 Å². The van der Waals surface area contributed by atoms with Gasteiger partial charge in [0.15, 0.2) is 0 Å². The van der Waals surface area contributed by atoms with E-state index in [1.807, 2.05) is 0 Å². The number of fused-ring (bicyclic) bond motifs is 4. The standard InChI is InChI=1S/C20H23F3N4O6S/c1-18-15(6-5-9-31-18)32-14-8-7-12(33-34(29,30)20(21,22)23)10-13(14)19(18)16(28)27(4)17(25-19)24-11-26(2)3/h7-8,10-11,15H,5-6,9H2,1-4H3/t15-,18-,19+/m0/s1. The molecule has 1 saturated heterocycles. The van der Waals surface area contributed by atoms with Crippen molar-refractivity contribution in [3.63, 3.8) is 0 Å². The van der Waals surface area contributed by atoms with Crippen LogP contribution in [0.4, 0.5) is 13.2 Å². The molecule has 4 rings (SSSR count). The van der Waals surface area contributed by atoms with Gasteiger partial charge in [0, 0.05) is 33.3 Å². The summed E-state index contributed by atoms with van der Waals surface area (Å²) in [5, 5.41) is 0. The molecule has 1 aromatic rings. The van der Waals surface area contributed by atoms with Gasteiger partial charge in [-0.05, 0) is 38.0 Å². The molecule has 10 nitrogen and oxygen atoms in total. The van der Waals surface area contributed by atoms with E-state index in [0.29, 0.717) is 19.4 Å². The van der Waals surface area contributed by atoms with Crippen molar-refractivity contribution in [2.45, 2.75) is 42.5 Å². The van der Waals surface area contributed by atoms with Crippen LogP contribution in [0.3, 0.4) is 0 Å². The SMILES string of the molecule is CN(C)C=NC1=N[C@@]2(C(=O)N1C)c1cc(OS(=O)(=O)C(F)(F)F)ccc1O[C@H]1CCCO[C@@]12C. The van der Waals surface area contributed by atoms with Gasteiger partial charge in [-0.2, -0.15) is 21.6 Å². The number of ether oxygens (including phenoxy) is 2. The maximum absolute atomic E-state index is 13.8. The molecule has 34 heavy (non-hydrogen) atoms. The van der Waals surface area contributed by atoms with Gasteiger partial charge in [0.25, 0.3) is 5.91 Å². The molecule has 3 heterocycles. The lowest BCUT2D eigenvalue weighted by Gasteiger charge is -2.52. The molecule has 0 aromatic heterocycles. The highest BCUT2D eigenvalue weighted by Gasteiger charge is 2.69. The van der Waals surface area contributed by atoms with Gasteiger partial charge in [0.1, 0.15) is 23.2 Å². The van der Waals surface area contributed by atoms with E-state index in [-0.39, 0.29) is 17.3 Å². The maximum atomic E-state index is 13.8. The fourth-order valence-corrected chi connectivity index (χ4v) is 4.81. The monoisotopic (exact) mass is 504 g/mol. The van der Waals surface area contributed by atoms with Crippen LogP contribution in [0.15, 0.2) is 28.2 Å². The Labute approximate surface area is 194 Å². The van der Waals surface area contributed by atoms with E-state index >= 15 is 0 Å². The Kier molecular flexibility index (Phi) is 5.59. The first-order valence-corrected chi connectivity index (χ1v) is 11.7. The zero-order valence-electron chi connectivity index (χ0n) is 18.8. The van der Waals surface area contributed by atoms with Crippen molar-refractivity contribution in [1.29, 1.82) is 0 Å². The third kappa shape index (κ3) is 3.50. The average molecular weight is 504 g/mol. The van der Waals surface area contributed by atoms with Crippen molar-refractivity contribution in [2.24, 2.45) is 9.98 Å². The summed E-state index contributed by atoms with van der Waals surface area (Å²) >= 11 is 0. The van der Waals surface area contributed by atoms with E-state index in [1.54, 1.807) is 25.9 Å². The number of hydrogen-bond acceptors (Lipinski definition) is 8. The quantitative estimate of drug-likeness (QED) is 0.267. The van der Waals surface area contributed by atoms with E-state index in [0.717, 1.165) is 12.1 Å². The first kappa shape index (κ1) is 24.3. The molecule has 3 atom stereocenters. The maximum Gasteiger partial charge on any atom is 0.534 e. The fraction of sp³-hybridized carbons (Fsp3) is 0.550. The number of carbonyl (C=O) groups excluding carboxylic acids is 1. The van der Waals surface area contributed by atoms with Gasteiger partial charge in [0.2, 0.25) is 11.5 Å². The molecule has 14 heteroatoms. The summed E-state index contributed by atoms with van der Waals surface area (Å²) < 4.78 is 78.3. The lowest BCUT2D eigenvalue weighted by Crippen LogP contribution is -2.67. The number of benzene rings is 1. The minimum absolute atomic E-state index is 0.0231. The van der Waals surface area contributed by atoms with Crippen LogP contribution < -0.4 is 8.92 Å². The summed E-state index contributed by atoms with van der Waals surface area (Å²) in [6.07, 6.45) is 2.05. The van der Waals surface area contributed by atoms with Crippen molar-refractivity contribution in [1.82, 2.24) is 9.80 Å². The molecule has 1 aromatic carbocycles. The molecule has 3 aliphatic rings. The number of rotatable bonds is 3. The number of nitrogens with zero attached hydrogens (tertiary/aromatic N) is 4. The molecule has 186 valence electrons. The zero-order chi connectivity index (χ0) is 25.1. The molecule has 0 N–H and O–H groups in total. The largest absolute Gasteiger partial charge is 0.534 e. The number of halogens is 3. The average Bonchev–Trinajstić information content (AvgIpc) is 2.99.